The van der Waals surface area contributed by atoms with Crippen LogP contribution in [0.4, 0.5) is 8.78 Å². The first kappa shape index (κ1) is 20.3. The van der Waals surface area contributed by atoms with E-state index in [0.717, 1.165) is 31.5 Å². The zero-order valence-electron chi connectivity index (χ0n) is 13.7. The number of aliphatic imine (C=N–C) groups is 1. The van der Waals surface area contributed by atoms with Crippen molar-refractivity contribution in [1.82, 2.24) is 20.4 Å². The van der Waals surface area contributed by atoms with Gasteiger partial charge in [0.2, 0.25) is 0 Å². The lowest BCUT2D eigenvalue weighted by molar-refractivity contribution is 0.581. The quantitative estimate of drug-likeness (QED) is 0.309. The van der Waals surface area contributed by atoms with Crippen molar-refractivity contribution >= 4 is 29.9 Å². The van der Waals surface area contributed by atoms with Crippen molar-refractivity contribution in [3.63, 3.8) is 0 Å². The van der Waals surface area contributed by atoms with Crippen molar-refractivity contribution in [1.29, 1.82) is 0 Å². The highest BCUT2D eigenvalue weighted by Gasteiger charge is 2.05. The predicted molar refractivity (Wildman–Crippen MR) is 102 cm³/mol. The molecular weight excluding hydrogens is 427 g/mol. The van der Waals surface area contributed by atoms with Crippen LogP contribution in [0.2, 0.25) is 0 Å². The molecule has 0 unspecified atom stereocenters. The molecule has 2 aromatic rings. The SMILES string of the molecule is CN=C(NCCCc1cnn(C)c1)NCc1cc(F)ccc1F.I. The first-order valence-electron chi connectivity index (χ1n) is 7.44. The molecule has 0 spiro atoms. The second kappa shape index (κ2) is 10.2. The average molecular weight is 449 g/mol. The molecule has 2 N–H and O–H groups in total. The van der Waals surface area contributed by atoms with Gasteiger partial charge in [0.05, 0.1) is 6.20 Å². The Kier molecular flexibility index (Phi) is 8.66. The Morgan fingerprint density at radius 1 is 1.29 bits per heavy atom. The fraction of sp³-hybridized carbons (Fsp3) is 0.375. The van der Waals surface area contributed by atoms with Crippen LogP contribution >= 0.6 is 24.0 Å². The molecule has 2 rings (SSSR count). The van der Waals surface area contributed by atoms with Gasteiger partial charge in [0, 0.05) is 38.9 Å². The number of rotatable bonds is 6. The summed E-state index contributed by atoms with van der Waals surface area (Å²) in [6, 6.07) is 3.40. The van der Waals surface area contributed by atoms with E-state index in [0.29, 0.717) is 5.96 Å². The normalized spacial score (nSPS) is 11.1. The Morgan fingerprint density at radius 3 is 2.75 bits per heavy atom. The molecule has 5 nitrogen and oxygen atoms in total. The third-order valence-electron chi connectivity index (χ3n) is 3.37. The van der Waals surface area contributed by atoms with Crippen LogP contribution in [0.25, 0.3) is 0 Å². The molecule has 1 heterocycles. The molecule has 1 aromatic carbocycles. The molecule has 132 valence electrons. The van der Waals surface area contributed by atoms with E-state index in [1.165, 1.54) is 11.6 Å². The fourth-order valence-electron chi connectivity index (χ4n) is 2.18. The first-order valence-corrected chi connectivity index (χ1v) is 7.44. The van der Waals surface area contributed by atoms with E-state index in [4.69, 9.17) is 0 Å². The Labute approximate surface area is 157 Å². The topological polar surface area (TPSA) is 54.2 Å². The van der Waals surface area contributed by atoms with Gasteiger partial charge in [0.15, 0.2) is 5.96 Å². The highest BCUT2D eigenvalue weighted by atomic mass is 127. The van der Waals surface area contributed by atoms with E-state index in [-0.39, 0.29) is 36.1 Å². The molecule has 0 aliphatic rings. The molecule has 0 aliphatic carbocycles. The van der Waals surface area contributed by atoms with Gasteiger partial charge in [-0.2, -0.15) is 5.10 Å². The molecular formula is C16H22F2IN5. The number of benzene rings is 1. The van der Waals surface area contributed by atoms with Gasteiger partial charge in [-0.3, -0.25) is 9.67 Å². The van der Waals surface area contributed by atoms with Crippen LogP contribution in [0.3, 0.4) is 0 Å². The number of hydrogen-bond donors (Lipinski definition) is 2. The summed E-state index contributed by atoms with van der Waals surface area (Å²) in [5, 5.41) is 10.2. The molecule has 0 saturated heterocycles. The predicted octanol–water partition coefficient (Wildman–Crippen LogP) is 2.61. The van der Waals surface area contributed by atoms with E-state index >= 15 is 0 Å². The summed E-state index contributed by atoms with van der Waals surface area (Å²) < 4.78 is 28.4. The summed E-state index contributed by atoms with van der Waals surface area (Å²) in [5.41, 5.74) is 1.45. The highest BCUT2D eigenvalue weighted by molar-refractivity contribution is 14.0. The van der Waals surface area contributed by atoms with E-state index in [1.54, 1.807) is 11.7 Å². The molecule has 0 amide bonds. The van der Waals surface area contributed by atoms with Gasteiger partial charge in [-0.1, -0.05) is 0 Å². The summed E-state index contributed by atoms with van der Waals surface area (Å²) in [5.74, 6) is -0.339. The molecule has 0 saturated carbocycles. The number of aromatic nitrogens is 2. The van der Waals surface area contributed by atoms with Crippen LogP contribution in [-0.4, -0.2) is 29.3 Å². The maximum absolute atomic E-state index is 13.5. The Balaban J connectivity index is 0.00000288. The summed E-state index contributed by atoms with van der Waals surface area (Å²) >= 11 is 0. The lowest BCUT2D eigenvalue weighted by Crippen LogP contribution is -2.37. The van der Waals surface area contributed by atoms with Gasteiger partial charge < -0.3 is 10.6 Å². The van der Waals surface area contributed by atoms with Gasteiger partial charge in [0.25, 0.3) is 0 Å². The maximum Gasteiger partial charge on any atom is 0.191 e. The number of hydrogen-bond acceptors (Lipinski definition) is 2. The summed E-state index contributed by atoms with van der Waals surface area (Å²) in [6.45, 7) is 0.895. The van der Waals surface area contributed by atoms with E-state index in [9.17, 15) is 8.78 Å². The zero-order valence-corrected chi connectivity index (χ0v) is 16.1. The molecule has 24 heavy (non-hydrogen) atoms. The van der Waals surface area contributed by atoms with Crippen LogP contribution in [-0.2, 0) is 20.0 Å². The molecule has 0 bridgehead atoms. The maximum atomic E-state index is 13.5. The van der Waals surface area contributed by atoms with Crippen LogP contribution in [0.15, 0.2) is 35.6 Å². The minimum atomic E-state index is -0.456. The number of halogens is 3. The smallest absolute Gasteiger partial charge is 0.191 e. The first-order chi connectivity index (χ1) is 11.1. The van der Waals surface area contributed by atoms with Crippen molar-refractivity contribution < 1.29 is 8.78 Å². The summed E-state index contributed by atoms with van der Waals surface area (Å²) in [6.07, 6.45) is 5.66. The number of guanidine groups is 1. The summed E-state index contributed by atoms with van der Waals surface area (Å²) in [4.78, 5) is 4.07. The minimum absolute atomic E-state index is 0. The van der Waals surface area contributed by atoms with E-state index in [1.807, 2.05) is 19.4 Å². The third-order valence-corrected chi connectivity index (χ3v) is 3.37. The minimum Gasteiger partial charge on any atom is -0.356 e. The Hall–Kier alpha value is -1.71. The molecule has 0 radical (unpaired) electrons. The lowest BCUT2D eigenvalue weighted by atomic mass is 10.2. The van der Waals surface area contributed by atoms with Crippen molar-refractivity contribution in [2.45, 2.75) is 19.4 Å². The molecule has 1 aromatic heterocycles. The fourth-order valence-corrected chi connectivity index (χ4v) is 2.18. The second-order valence-electron chi connectivity index (χ2n) is 5.21. The summed E-state index contributed by atoms with van der Waals surface area (Å²) in [7, 11) is 3.53. The van der Waals surface area contributed by atoms with Gasteiger partial charge in [0.1, 0.15) is 11.6 Å². The van der Waals surface area contributed by atoms with Gasteiger partial charge in [-0.25, -0.2) is 8.78 Å². The van der Waals surface area contributed by atoms with Crippen molar-refractivity contribution in [2.75, 3.05) is 13.6 Å². The van der Waals surface area contributed by atoms with Crippen LogP contribution in [0, 0.1) is 11.6 Å². The van der Waals surface area contributed by atoms with Crippen LogP contribution < -0.4 is 10.6 Å². The average Bonchev–Trinajstić information content (AvgIpc) is 2.95. The van der Waals surface area contributed by atoms with Crippen LogP contribution in [0.1, 0.15) is 17.5 Å². The molecule has 0 atom stereocenters. The molecule has 0 fully saturated rings. The zero-order chi connectivity index (χ0) is 16.7. The van der Waals surface area contributed by atoms with Crippen molar-refractivity contribution in [2.24, 2.45) is 12.0 Å². The van der Waals surface area contributed by atoms with Crippen molar-refractivity contribution in [3.05, 3.63) is 53.4 Å². The number of nitrogens with one attached hydrogen (secondary N) is 2. The van der Waals surface area contributed by atoms with Gasteiger partial charge >= 0.3 is 0 Å². The van der Waals surface area contributed by atoms with Crippen molar-refractivity contribution in [3.8, 4) is 0 Å². The highest BCUT2D eigenvalue weighted by Crippen LogP contribution is 2.09. The standard InChI is InChI=1S/C16H21F2N5.HI/c1-19-16(20-7-3-4-12-9-22-23(2)11-12)21-10-13-8-14(17)5-6-15(13)18;/h5-6,8-9,11H,3-4,7,10H2,1-2H3,(H2,19,20,21);1H. The third kappa shape index (κ3) is 6.42. The molecule has 0 aliphatic heterocycles. The Bertz CT molecular complexity index is 672. The number of aryl methyl sites for hydroxylation is 2. The van der Waals surface area contributed by atoms with Gasteiger partial charge in [-0.05, 0) is 36.6 Å². The Morgan fingerprint density at radius 2 is 2.08 bits per heavy atom. The molecule has 8 heteroatoms. The lowest BCUT2D eigenvalue weighted by Gasteiger charge is -2.12. The monoisotopic (exact) mass is 449 g/mol. The van der Waals surface area contributed by atoms with Gasteiger partial charge in [-0.15, -0.1) is 24.0 Å². The second-order valence-corrected chi connectivity index (χ2v) is 5.21. The largest absolute Gasteiger partial charge is 0.356 e. The number of nitrogens with zero attached hydrogens (tertiary/aromatic N) is 3. The van der Waals surface area contributed by atoms with E-state index < -0.39 is 11.6 Å². The van der Waals surface area contributed by atoms with Crippen LogP contribution in [0.5, 0.6) is 0 Å². The van der Waals surface area contributed by atoms with E-state index in [2.05, 4.69) is 20.7 Å².